The molecule has 9 N–H and O–H groups in total. The zero-order valence-electron chi connectivity index (χ0n) is 37.0. The van der Waals surface area contributed by atoms with E-state index in [4.69, 9.17) is 33.2 Å². The third-order valence-corrected chi connectivity index (χ3v) is 16.9. The molecule has 4 aliphatic carbocycles. The number of Topliss-reactive ketones (excluding diaryl/α,β-unsaturated/α-hetero) is 2. The molecule has 63 heavy (non-hydrogen) atoms. The predicted molar refractivity (Wildman–Crippen MR) is 215 cm³/mol. The van der Waals surface area contributed by atoms with Gasteiger partial charge in [-0.1, -0.05) is 39.3 Å². The van der Waals surface area contributed by atoms with Crippen molar-refractivity contribution in [1.82, 2.24) is 0 Å². The molecular formula is C45H70O18. The smallest absolute Gasteiger partial charge is 0.187 e. The molecule has 8 aliphatic rings. The van der Waals surface area contributed by atoms with Gasteiger partial charge in [-0.2, -0.15) is 0 Å². The van der Waals surface area contributed by atoms with Gasteiger partial charge in [0.25, 0.3) is 0 Å². The van der Waals surface area contributed by atoms with Crippen LogP contribution < -0.4 is 0 Å². The summed E-state index contributed by atoms with van der Waals surface area (Å²) in [6.45, 7) is 10.4. The summed E-state index contributed by atoms with van der Waals surface area (Å²) < 4.78 is 42.0. The normalized spacial score (nSPS) is 54.2. The third-order valence-electron chi connectivity index (χ3n) is 16.9. The van der Waals surface area contributed by atoms with Crippen molar-refractivity contribution in [3.05, 3.63) is 11.6 Å². The van der Waals surface area contributed by atoms with Crippen LogP contribution in [0.25, 0.3) is 0 Å². The summed E-state index contributed by atoms with van der Waals surface area (Å²) in [4.78, 5) is 27.7. The van der Waals surface area contributed by atoms with E-state index in [0.717, 1.165) is 25.7 Å². The second-order valence-corrected chi connectivity index (χ2v) is 20.7. The molecule has 7 fully saturated rings. The Morgan fingerprint density at radius 2 is 1.37 bits per heavy atom. The number of rotatable bonds is 10. The summed E-state index contributed by atoms with van der Waals surface area (Å²) in [5.74, 6) is -0.412. The summed E-state index contributed by atoms with van der Waals surface area (Å²) in [5, 5.41) is 95.9. The minimum absolute atomic E-state index is 0.104. The van der Waals surface area contributed by atoms with Crippen molar-refractivity contribution in [2.24, 2.45) is 46.3 Å². The highest BCUT2D eigenvalue weighted by molar-refractivity contribution is 5.94. The summed E-state index contributed by atoms with van der Waals surface area (Å²) >= 11 is 0. The first-order chi connectivity index (χ1) is 29.7. The minimum atomic E-state index is -1.75. The molecule has 4 saturated heterocycles. The van der Waals surface area contributed by atoms with Gasteiger partial charge in [-0.3, -0.25) is 9.59 Å². The average molecular weight is 899 g/mol. The molecular weight excluding hydrogens is 828 g/mol. The van der Waals surface area contributed by atoms with Crippen LogP contribution in [0.4, 0.5) is 0 Å². The first-order valence-electron chi connectivity index (χ1n) is 23.1. The fourth-order valence-electron chi connectivity index (χ4n) is 13.1. The number of carbonyl (C=O) groups excluding carboxylic acids is 2. The van der Waals surface area contributed by atoms with E-state index in [9.17, 15) is 55.5 Å². The number of carbonyl (C=O) groups is 2. The standard InChI is InChI=1S/C45H70O18/c1-17-13-27(60-40(17)56)30(48)18(2)29-26(47)15-25-23-8-7-21-14-22(9-11-44(21,5)24(23)10-12-45(25,29)6)59-43-39(63-42-36(54)34(52)32(50)20(4)58-42)37(55)38(28(16-46)61-43)62-41-35(53)33(51)31(49)19(3)57-41/h7,17-20,22-25,27-29,31-43,46,49-56H,8-16H2,1-6H3/t17-,18+,19+,20+,22+,23-,24+,25+,27+,28-,29+,31+,32+,33-,34-,35-,36-,37+,38-,39-,40-,41+,42+,43-,44+,45+/m1/s1. The van der Waals surface area contributed by atoms with E-state index in [1.807, 2.05) is 13.8 Å². The number of fused-ring (bicyclic) bond motifs is 5. The Hall–Kier alpha value is -1.56. The molecule has 0 bridgehead atoms. The molecule has 0 aromatic heterocycles. The van der Waals surface area contributed by atoms with Gasteiger partial charge in [0, 0.05) is 24.2 Å². The Bertz CT molecular complexity index is 1690. The number of ether oxygens (including phenoxy) is 7. The van der Waals surface area contributed by atoms with Crippen molar-refractivity contribution in [3.63, 3.8) is 0 Å². The highest BCUT2D eigenvalue weighted by Gasteiger charge is 2.63. The highest BCUT2D eigenvalue weighted by Crippen LogP contribution is 2.66. The van der Waals surface area contributed by atoms with E-state index in [1.54, 1.807) is 0 Å². The van der Waals surface area contributed by atoms with Crippen molar-refractivity contribution in [3.8, 4) is 0 Å². The Labute approximate surface area is 367 Å². The van der Waals surface area contributed by atoms with Crippen LogP contribution in [-0.2, 0) is 42.7 Å². The predicted octanol–water partition coefficient (Wildman–Crippen LogP) is -0.418. The maximum absolute atomic E-state index is 13.9. The molecule has 0 radical (unpaired) electrons. The van der Waals surface area contributed by atoms with Crippen LogP contribution in [0.5, 0.6) is 0 Å². The number of aliphatic hydroxyl groups is 9. The van der Waals surface area contributed by atoms with Gasteiger partial charge in [0.2, 0.25) is 0 Å². The van der Waals surface area contributed by atoms with E-state index in [0.29, 0.717) is 25.7 Å². The Morgan fingerprint density at radius 1 is 0.746 bits per heavy atom. The van der Waals surface area contributed by atoms with Gasteiger partial charge in [-0.15, -0.1) is 0 Å². The number of ketones is 2. The number of allylic oxidation sites excluding steroid dienone is 1. The van der Waals surface area contributed by atoms with E-state index in [-0.39, 0.29) is 46.1 Å². The summed E-state index contributed by atoms with van der Waals surface area (Å²) in [7, 11) is 0. The van der Waals surface area contributed by atoms with Crippen molar-refractivity contribution in [2.75, 3.05) is 6.61 Å². The van der Waals surface area contributed by atoms with Crippen LogP contribution in [0, 0.1) is 46.3 Å². The van der Waals surface area contributed by atoms with Crippen LogP contribution in [0.3, 0.4) is 0 Å². The monoisotopic (exact) mass is 898 g/mol. The van der Waals surface area contributed by atoms with Crippen molar-refractivity contribution in [1.29, 1.82) is 0 Å². The van der Waals surface area contributed by atoms with E-state index in [1.165, 1.54) is 19.4 Å². The maximum Gasteiger partial charge on any atom is 0.187 e. The SMILES string of the molecule is C[C@@H]1C[C@@H](C(=O)[C@@H](C)[C@H]2C(=O)C[C@H]3[C@@H]4CC=C5C[C@@H](O[C@@H]6O[C@H](CO)[C@@H](O[C@@H]7O[C@@H](C)[C@H](O)[C@@H](O)[C@H]7O)[C@H](O)[C@H]6O[C@@H]6O[C@@H](C)[C@H](O)[C@@H](O)[C@H]6O)CC[C@]5(C)[C@H]4CC[C@]23C)O[C@H]1O. The molecule has 0 aromatic rings. The summed E-state index contributed by atoms with van der Waals surface area (Å²) in [5.41, 5.74) is 0.664. The zero-order chi connectivity index (χ0) is 45.6. The van der Waals surface area contributed by atoms with Crippen molar-refractivity contribution < 1.29 is 88.7 Å². The van der Waals surface area contributed by atoms with Crippen LogP contribution in [0.1, 0.15) is 92.9 Å². The zero-order valence-corrected chi connectivity index (χ0v) is 37.0. The lowest BCUT2D eigenvalue weighted by Crippen LogP contribution is -2.66. The van der Waals surface area contributed by atoms with Gasteiger partial charge in [0.15, 0.2) is 30.9 Å². The Morgan fingerprint density at radius 3 is 1.95 bits per heavy atom. The fraction of sp³-hybridized carbons (Fsp3) is 0.911. The molecule has 358 valence electrons. The molecule has 0 aromatic carbocycles. The maximum atomic E-state index is 13.9. The van der Waals surface area contributed by atoms with Gasteiger partial charge in [-0.25, -0.2) is 0 Å². The van der Waals surface area contributed by atoms with E-state index >= 15 is 0 Å². The largest absolute Gasteiger partial charge is 0.394 e. The Balaban J connectivity index is 0.988. The molecule has 0 unspecified atom stereocenters. The summed E-state index contributed by atoms with van der Waals surface area (Å²) in [6, 6.07) is 0. The van der Waals surface area contributed by atoms with E-state index in [2.05, 4.69) is 19.9 Å². The third kappa shape index (κ3) is 8.33. The summed E-state index contributed by atoms with van der Waals surface area (Å²) in [6.07, 6.45) is -16.8. The molecule has 8 rings (SSSR count). The molecule has 0 amide bonds. The number of hydrogen-bond acceptors (Lipinski definition) is 18. The molecule has 4 aliphatic heterocycles. The average Bonchev–Trinajstić information content (AvgIpc) is 3.74. The van der Waals surface area contributed by atoms with Gasteiger partial charge < -0.3 is 79.1 Å². The van der Waals surface area contributed by atoms with Crippen LogP contribution >= 0.6 is 0 Å². The number of hydrogen-bond donors (Lipinski definition) is 9. The van der Waals surface area contributed by atoms with Crippen molar-refractivity contribution >= 4 is 11.6 Å². The first-order valence-corrected chi connectivity index (χ1v) is 23.1. The van der Waals surface area contributed by atoms with Crippen molar-refractivity contribution in [2.45, 2.75) is 204 Å². The number of aliphatic hydroxyl groups excluding tert-OH is 9. The second-order valence-electron chi connectivity index (χ2n) is 20.7. The van der Waals surface area contributed by atoms with E-state index < -0.39 is 129 Å². The lowest BCUT2D eigenvalue weighted by molar-refractivity contribution is -0.388. The quantitative estimate of drug-likeness (QED) is 0.126. The second kappa shape index (κ2) is 18.2. The van der Waals surface area contributed by atoms with Crippen LogP contribution in [0.2, 0.25) is 0 Å². The molecule has 4 heterocycles. The minimum Gasteiger partial charge on any atom is -0.394 e. The van der Waals surface area contributed by atoms with Gasteiger partial charge in [0.05, 0.1) is 24.9 Å². The molecule has 0 spiro atoms. The molecule has 18 heteroatoms. The lowest BCUT2D eigenvalue weighted by Gasteiger charge is -2.58. The molecule has 18 nitrogen and oxygen atoms in total. The van der Waals surface area contributed by atoms with Gasteiger partial charge in [0.1, 0.15) is 72.9 Å². The fourth-order valence-corrected chi connectivity index (χ4v) is 13.1. The highest BCUT2D eigenvalue weighted by atomic mass is 16.8. The Kier molecular flexibility index (Phi) is 13.8. The lowest BCUT2D eigenvalue weighted by atomic mass is 9.47. The first kappa shape index (κ1) is 47.9. The topological polar surface area (TPSA) is 281 Å². The van der Waals surface area contributed by atoms with Gasteiger partial charge >= 0.3 is 0 Å². The molecule has 3 saturated carbocycles. The van der Waals surface area contributed by atoms with Gasteiger partial charge in [-0.05, 0) is 87.4 Å². The van der Waals surface area contributed by atoms with Crippen LogP contribution in [0.15, 0.2) is 11.6 Å². The van der Waals surface area contributed by atoms with Crippen LogP contribution in [-0.4, -0.2) is 175 Å². The molecule has 26 atom stereocenters.